The van der Waals surface area contributed by atoms with Gasteiger partial charge in [0, 0.05) is 37.0 Å². The van der Waals surface area contributed by atoms with E-state index in [-0.39, 0.29) is 11.8 Å². The fourth-order valence-electron chi connectivity index (χ4n) is 4.16. The molecule has 0 bridgehead atoms. The van der Waals surface area contributed by atoms with Crippen molar-refractivity contribution < 1.29 is 14.3 Å². The first-order valence-electron chi connectivity index (χ1n) is 9.42. The Morgan fingerprint density at radius 1 is 1.15 bits per heavy atom. The Bertz CT molecular complexity index is 832. The third-order valence-corrected chi connectivity index (χ3v) is 5.72. The van der Waals surface area contributed by atoms with Gasteiger partial charge in [-0.1, -0.05) is 12.1 Å². The van der Waals surface area contributed by atoms with Gasteiger partial charge in [0.1, 0.15) is 11.5 Å². The zero-order chi connectivity index (χ0) is 19.0. The number of likely N-dealkylation sites (tertiary alicyclic amines) is 1. The largest absolute Gasteiger partial charge is 0.497 e. The van der Waals surface area contributed by atoms with Crippen molar-refractivity contribution >= 4 is 5.91 Å². The van der Waals surface area contributed by atoms with Crippen LogP contribution < -0.4 is 9.47 Å². The molecule has 0 aliphatic carbocycles. The molecule has 1 amide bonds. The van der Waals surface area contributed by atoms with Crippen LogP contribution in [0.25, 0.3) is 0 Å². The molecule has 2 heterocycles. The molecule has 1 saturated heterocycles. The first-order valence-corrected chi connectivity index (χ1v) is 9.42. The molecule has 1 fully saturated rings. The maximum absolute atomic E-state index is 13.1. The lowest BCUT2D eigenvalue weighted by molar-refractivity contribution is 0.0782. The lowest BCUT2D eigenvalue weighted by atomic mass is 9.93. The summed E-state index contributed by atoms with van der Waals surface area (Å²) >= 11 is 0. The summed E-state index contributed by atoms with van der Waals surface area (Å²) in [6.45, 7) is 2.16. The molecule has 2 aromatic rings. The molecular weight excluding hydrogens is 340 g/mol. The van der Waals surface area contributed by atoms with Gasteiger partial charge in [-0.25, -0.2) is 0 Å². The third-order valence-electron chi connectivity index (χ3n) is 5.72. The molecule has 2 aromatic carbocycles. The van der Waals surface area contributed by atoms with Gasteiger partial charge < -0.3 is 19.3 Å². The van der Waals surface area contributed by atoms with Crippen molar-refractivity contribution in [3.8, 4) is 11.5 Å². The zero-order valence-electron chi connectivity index (χ0n) is 16.1. The molecular formula is C22H26N2O3. The van der Waals surface area contributed by atoms with Crippen LogP contribution in [0, 0.1) is 0 Å². The van der Waals surface area contributed by atoms with E-state index >= 15 is 0 Å². The van der Waals surface area contributed by atoms with Crippen molar-refractivity contribution in [2.24, 2.45) is 0 Å². The topological polar surface area (TPSA) is 42.0 Å². The molecule has 5 heteroatoms. The van der Waals surface area contributed by atoms with Crippen LogP contribution in [0.15, 0.2) is 42.5 Å². The van der Waals surface area contributed by atoms with Crippen molar-refractivity contribution in [3.05, 3.63) is 59.2 Å². The minimum Gasteiger partial charge on any atom is -0.497 e. The molecule has 0 N–H and O–H groups in total. The Morgan fingerprint density at radius 2 is 1.93 bits per heavy atom. The van der Waals surface area contributed by atoms with Gasteiger partial charge in [-0.05, 0) is 55.6 Å². The third kappa shape index (κ3) is 3.39. The summed E-state index contributed by atoms with van der Waals surface area (Å²) in [5.41, 5.74) is 3.13. The Labute approximate surface area is 160 Å². The molecule has 2 unspecified atom stereocenters. The van der Waals surface area contributed by atoms with Gasteiger partial charge in [0.25, 0.3) is 5.91 Å². The Balaban J connectivity index is 1.56. The van der Waals surface area contributed by atoms with E-state index in [1.807, 2.05) is 35.2 Å². The van der Waals surface area contributed by atoms with Crippen LogP contribution in [0.1, 0.15) is 27.4 Å². The van der Waals surface area contributed by atoms with Crippen LogP contribution in [-0.2, 0) is 6.42 Å². The second-order valence-electron chi connectivity index (χ2n) is 7.54. The van der Waals surface area contributed by atoms with Crippen molar-refractivity contribution in [1.29, 1.82) is 0 Å². The second kappa shape index (κ2) is 7.24. The first kappa shape index (κ1) is 17.9. The molecule has 27 heavy (non-hydrogen) atoms. The average Bonchev–Trinajstić information content (AvgIpc) is 3.34. The van der Waals surface area contributed by atoms with Crippen molar-refractivity contribution in [3.63, 3.8) is 0 Å². The fourth-order valence-corrected chi connectivity index (χ4v) is 4.16. The van der Waals surface area contributed by atoms with Gasteiger partial charge in [-0.3, -0.25) is 4.79 Å². The first-order chi connectivity index (χ1) is 13.1. The van der Waals surface area contributed by atoms with Gasteiger partial charge in [0.05, 0.1) is 13.7 Å². The SMILES string of the molecule is COc1ccc(C2CN(C(=O)c3ccc4c(c3)CCO4)CC2N(C)C)cc1. The van der Waals surface area contributed by atoms with Crippen LogP contribution in [0.5, 0.6) is 11.5 Å². The van der Waals surface area contributed by atoms with Gasteiger partial charge in [0.2, 0.25) is 0 Å². The van der Waals surface area contributed by atoms with Gasteiger partial charge in [-0.15, -0.1) is 0 Å². The predicted octanol–water partition coefficient (Wildman–Crippen LogP) is 2.80. The van der Waals surface area contributed by atoms with E-state index in [2.05, 4.69) is 31.1 Å². The number of hydrogen-bond acceptors (Lipinski definition) is 4. The minimum absolute atomic E-state index is 0.104. The normalized spacial score (nSPS) is 21.3. The highest BCUT2D eigenvalue weighted by Gasteiger charge is 2.37. The molecule has 2 aliphatic heterocycles. The van der Waals surface area contributed by atoms with Gasteiger partial charge >= 0.3 is 0 Å². The summed E-state index contributed by atoms with van der Waals surface area (Å²) in [4.78, 5) is 17.3. The molecule has 0 spiro atoms. The smallest absolute Gasteiger partial charge is 0.253 e. The summed E-state index contributed by atoms with van der Waals surface area (Å²) in [6.07, 6.45) is 0.880. The highest BCUT2D eigenvalue weighted by molar-refractivity contribution is 5.95. The van der Waals surface area contributed by atoms with Crippen LogP contribution in [-0.4, -0.2) is 62.7 Å². The van der Waals surface area contributed by atoms with Crippen LogP contribution in [0.4, 0.5) is 0 Å². The van der Waals surface area contributed by atoms with E-state index < -0.39 is 0 Å². The molecule has 0 saturated carbocycles. The maximum Gasteiger partial charge on any atom is 0.253 e. The number of fused-ring (bicyclic) bond motifs is 1. The van der Waals surface area contributed by atoms with E-state index in [1.54, 1.807) is 7.11 Å². The number of carbonyl (C=O) groups is 1. The maximum atomic E-state index is 13.1. The Morgan fingerprint density at radius 3 is 2.63 bits per heavy atom. The highest BCUT2D eigenvalue weighted by Crippen LogP contribution is 2.33. The quantitative estimate of drug-likeness (QED) is 0.835. The summed E-state index contributed by atoms with van der Waals surface area (Å²) < 4.78 is 10.8. The van der Waals surface area contributed by atoms with Crippen molar-refractivity contribution in [2.45, 2.75) is 18.4 Å². The highest BCUT2D eigenvalue weighted by atomic mass is 16.5. The van der Waals surface area contributed by atoms with E-state index in [0.29, 0.717) is 12.6 Å². The van der Waals surface area contributed by atoms with Crippen LogP contribution >= 0.6 is 0 Å². The number of amides is 1. The molecule has 142 valence electrons. The Kier molecular flexibility index (Phi) is 4.79. The monoisotopic (exact) mass is 366 g/mol. The number of methoxy groups -OCH3 is 1. The number of ether oxygens (including phenoxy) is 2. The van der Waals surface area contributed by atoms with Crippen molar-refractivity contribution in [1.82, 2.24) is 9.80 Å². The molecule has 4 rings (SSSR count). The number of nitrogens with zero attached hydrogens (tertiary/aromatic N) is 2. The molecule has 0 aromatic heterocycles. The van der Waals surface area contributed by atoms with E-state index in [0.717, 1.165) is 42.1 Å². The summed E-state index contributed by atoms with van der Waals surface area (Å²) in [5.74, 6) is 2.15. The summed E-state index contributed by atoms with van der Waals surface area (Å²) in [5, 5.41) is 0. The second-order valence-corrected chi connectivity index (χ2v) is 7.54. The lowest BCUT2D eigenvalue weighted by Gasteiger charge is -2.25. The standard InChI is InChI=1S/C22H26N2O3/c1-23(2)20-14-24(13-19(20)15-4-7-18(26-3)8-5-15)22(25)17-6-9-21-16(12-17)10-11-27-21/h4-9,12,19-20H,10-11,13-14H2,1-3H3. The van der Waals surface area contributed by atoms with Gasteiger partial charge in [0.15, 0.2) is 0 Å². The number of likely N-dealkylation sites (N-methyl/N-ethyl adjacent to an activating group) is 1. The van der Waals surface area contributed by atoms with Gasteiger partial charge in [-0.2, -0.15) is 0 Å². The van der Waals surface area contributed by atoms with E-state index in [9.17, 15) is 4.79 Å². The zero-order valence-corrected chi connectivity index (χ0v) is 16.1. The average molecular weight is 366 g/mol. The van der Waals surface area contributed by atoms with Crippen LogP contribution in [0.2, 0.25) is 0 Å². The van der Waals surface area contributed by atoms with E-state index in [4.69, 9.17) is 9.47 Å². The number of hydrogen-bond donors (Lipinski definition) is 0. The van der Waals surface area contributed by atoms with Crippen LogP contribution in [0.3, 0.4) is 0 Å². The minimum atomic E-state index is 0.104. The molecule has 0 radical (unpaired) electrons. The molecule has 5 nitrogen and oxygen atoms in total. The number of rotatable bonds is 4. The van der Waals surface area contributed by atoms with E-state index in [1.165, 1.54) is 5.56 Å². The summed E-state index contributed by atoms with van der Waals surface area (Å²) in [7, 11) is 5.85. The fraction of sp³-hybridized carbons (Fsp3) is 0.409. The number of carbonyl (C=O) groups excluding carboxylic acids is 1. The Hall–Kier alpha value is -2.53. The summed E-state index contributed by atoms with van der Waals surface area (Å²) in [6, 6.07) is 14.3. The molecule has 2 aliphatic rings. The molecule has 2 atom stereocenters. The lowest BCUT2D eigenvalue weighted by Crippen LogP contribution is -2.35. The predicted molar refractivity (Wildman–Crippen MR) is 105 cm³/mol. The van der Waals surface area contributed by atoms with Crippen molar-refractivity contribution in [2.75, 3.05) is 40.9 Å². The number of benzene rings is 2.